The molecule has 0 atom stereocenters. The number of carbonyl (C=O) groups excluding carboxylic acids is 4. The van der Waals surface area contributed by atoms with Crippen LogP contribution in [0.25, 0.3) is 21.5 Å². The minimum Gasteiger partial charge on any atom is -0.293 e. The molecule has 0 fully saturated rings. The predicted octanol–water partition coefficient (Wildman–Crippen LogP) is 7.21. The quantitative estimate of drug-likeness (QED) is 0.161. The molecule has 0 unspecified atom stereocenters. The minimum absolute atomic E-state index is 0.0943. The lowest BCUT2D eigenvalue weighted by molar-refractivity contribution is 0.0869. The van der Waals surface area contributed by atoms with Crippen LogP contribution in [0.2, 0.25) is 0 Å². The average Bonchev–Trinajstić information content (AvgIpc) is 3.48. The Hall–Kier alpha value is -4.41. The van der Waals surface area contributed by atoms with Crippen LogP contribution in [-0.4, -0.2) is 23.1 Å². The lowest BCUT2D eigenvalue weighted by Crippen LogP contribution is -2.12. The summed E-state index contributed by atoms with van der Waals surface area (Å²) in [5.74, 6) is -2.02. The molecule has 182 valence electrons. The van der Waals surface area contributed by atoms with Crippen LogP contribution in [0.4, 0.5) is 0 Å². The molecule has 4 aromatic rings. The van der Waals surface area contributed by atoms with Crippen molar-refractivity contribution in [3.05, 3.63) is 129 Å². The van der Waals surface area contributed by atoms with Gasteiger partial charge in [-0.1, -0.05) is 66.2 Å². The molecule has 3 aliphatic rings. The zero-order valence-corrected chi connectivity index (χ0v) is 20.8. The molecule has 7 rings (SSSR count). The first-order chi connectivity index (χ1) is 18.4. The first-order valence-electron chi connectivity index (χ1n) is 12.5. The van der Waals surface area contributed by atoms with Crippen LogP contribution in [-0.2, 0) is 0 Å². The Morgan fingerprint density at radius 3 is 1.55 bits per heavy atom. The molecule has 0 saturated carbocycles. The number of hydrogen-bond acceptors (Lipinski definition) is 4. The highest BCUT2D eigenvalue weighted by Crippen LogP contribution is 2.40. The molecular formula is C33H19ClO4. The summed E-state index contributed by atoms with van der Waals surface area (Å²) in [5, 5.41) is 4.01. The number of ketones is 4. The van der Waals surface area contributed by atoms with Crippen LogP contribution in [0.15, 0.2) is 107 Å². The van der Waals surface area contributed by atoms with Crippen molar-refractivity contribution in [3.63, 3.8) is 0 Å². The van der Waals surface area contributed by atoms with Crippen molar-refractivity contribution in [3.8, 4) is 0 Å². The molecule has 0 radical (unpaired) electrons. The fourth-order valence-corrected chi connectivity index (χ4v) is 6.06. The van der Waals surface area contributed by atoms with E-state index in [0.717, 1.165) is 21.5 Å². The maximum Gasteiger partial charge on any atom is 0.197 e. The van der Waals surface area contributed by atoms with E-state index in [-0.39, 0.29) is 28.7 Å². The third-order valence-corrected chi connectivity index (χ3v) is 8.25. The molecule has 0 N–H and O–H groups in total. The van der Waals surface area contributed by atoms with Crippen LogP contribution in [0.3, 0.4) is 0 Å². The molecule has 3 aliphatic carbocycles. The monoisotopic (exact) mass is 514 g/mol. The van der Waals surface area contributed by atoms with E-state index in [1.165, 1.54) is 0 Å². The van der Waals surface area contributed by atoms with Gasteiger partial charge in [0.05, 0.1) is 5.57 Å². The smallest absolute Gasteiger partial charge is 0.197 e. The molecule has 0 amide bonds. The maximum atomic E-state index is 13.2. The molecule has 4 nitrogen and oxygen atoms in total. The molecular weight excluding hydrogens is 496 g/mol. The van der Waals surface area contributed by atoms with E-state index in [1.54, 1.807) is 36.4 Å². The van der Waals surface area contributed by atoms with Crippen molar-refractivity contribution in [2.45, 2.75) is 12.8 Å². The highest BCUT2D eigenvalue weighted by atomic mass is 35.5. The third kappa shape index (κ3) is 3.30. The highest BCUT2D eigenvalue weighted by Gasteiger charge is 2.39. The first-order valence-corrected chi connectivity index (χ1v) is 12.8. The second kappa shape index (κ2) is 8.30. The van der Waals surface area contributed by atoms with Crippen molar-refractivity contribution in [1.29, 1.82) is 0 Å². The topological polar surface area (TPSA) is 68.3 Å². The van der Waals surface area contributed by atoms with E-state index in [0.29, 0.717) is 51.3 Å². The first kappa shape index (κ1) is 22.8. The van der Waals surface area contributed by atoms with Crippen molar-refractivity contribution in [2.24, 2.45) is 5.92 Å². The van der Waals surface area contributed by atoms with Crippen LogP contribution in [0, 0.1) is 5.92 Å². The van der Waals surface area contributed by atoms with E-state index in [2.05, 4.69) is 0 Å². The number of carbonyl (C=O) groups is 4. The van der Waals surface area contributed by atoms with Gasteiger partial charge in [-0.3, -0.25) is 19.2 Å². The molecule has 0 bridgehead atoms. The molecule has 4 aromatic carbocycles. The van der Waals surface area contributed by atoms with E-state index in [4.69, 9.17) is 11.6 Å². The van der Waals surface area contributed by atoms with Crippen molar-refractivity contribution in [1.82, 2.24) is 0 Å². The van der Waals surface area contributed by atoms with Crippen LogP contribution >= 0.6 is 11.6 Å². The van der Waals surface area contributed by atoms with Gasteiger partial charge in [0.15, 0.2) is 23.1 Å². The van der Waals surface area contributed by atoms with Gasteiger partial charge in [-0.05, 0) is 75.9 Å². The number of rotatable bonds is 2. The summed E-state index contributed by atoms with van der Waals surface area (Å²) in [4.78, 5) is 52.7. The Morgan fingerprint density at radius 2 is 1.08 bits per heavy atom. The van der Waals surface area contributed by atoms with Crippen LogP contribution in [0.1, 0.15) is 54.3 Å². The van der Waals surface area contributed by atoms with Crippen molar-refractivity contribution in [2.75, 3.05) is 0 Å². The normalized spacial score (nSPS) is 18.4. The zero-order chi connectivity index (χ0) is 26.1. The fraction of sp³-hybridized carbons (Fsp3) is 0.0909. The summed E-state index contributed by atoms with van der Waals surface area (Å²) in [6.07, 6.45) is 4.27. The second-order valence-electron chi connectivity index (χ2n) is 9.94. The highest BCUT2D eigenvalue weighted by molar-refractivity contribution is 6.40. The summed E-state index contributed by atoms with van der Waals surface area (Å²) in [6, 6.07) is 22.3. The standard InChI is InChI=1S/C33H19ClO4/c34-29-21(15-27-30(35)23-11-17-5-1-2-6-18(17)12-24(23)31(27)36)9-10-22(29)16-28-32(37)25-13-19-7-3-4-8-20(19)14-26(25)33(28)38/h1-8,11-16,27H,9-10H2/b21-15+. The summed E-state index contributed by atoms with van der Waals surface area (Å²) < 4.78 is 0. The van der Waals surface area contributed by atoms with Gasteiger partial charge in [-0.15, -0.1) is 0 Å². The Morgan fingerprint density at radius 1 is 0.632 bits per heavy atom. The molecule has 0 spiro atoms. The Kier molecular flexibility index (Phi) is 4.97. The van der Waals surface area contributed by atoms with Gasteiger partial charge < -0.3 is 0 Å². The van der Waals surface area contributed by atoms with Crippen LogP contribution in [0.5, 0.6) is 0 Å². The van der Waals surface area contributed by atoms with E-state index in [1.807, 2.05) is 48.5 Å². The van der Waals surface area contributed by atoms with E-state index in [9.17, 15) is 19.2 Å². The zero-order valence-electron chi connectivity index (χ0n) is 20.1. The SMILES string of the molecule is O=C1C(=CC2=C(Cl)/C(=C/C3C(=O)c4cc5ccccc5cc4C3=O)CC2)C(=O)c2cc3ccccc3cc21. The number of halogens is 1. The fourth-order valence-electron chi connectivity index (χ4n) is 5.76. The third-order valence-electron chi connectivity index (χ3n) is 7.76. The van der Waals surface area contributed by atoms with Gasteiger partial charge in [-0.25, -0.2) is 0 Å². The van der Waals surface area contributed by atoms with Gasteiger partial charge in [0.1, 0.15) is 5.92 Å². The minimum atomic E-state index is -0.927. The summed E-state index contributed by atoms with van der Waals surface area (Å²) in [7, 11) is 0. The molecule has 5 heteroatoms. The maximum absolute atomic E-state index is 13.2. The van der Waals surface area contributed by atoms with Gasteiger partial charge >= 0.3 is 0 Å². The Bertz CT molecular complexity index is 1790. The number of allylic oxidation sites excluding steroid dienone is 6. The van der Waals surface area contributed by atoms with E-state index < -0.39 is 5.92 Å². The van der Waals surface area contributed by atoms with Gasteiger partial charge in [0, 0.05) is 27.3 Å². The van der Waals surface area contributed by atoms with Crippen molar-refractivity contribution < 1.29 is 19.2 Å². The van der Waals surface area contributed by atoms with Gasteiger partial charge in [0.2, 0.25) is 0 Å². The van der Waals surface area contributed by atoms with E-state index >= 15 is 0 Å². The molecule has 0 aromatic heterocycles. The van der Waals surface area contributed by atoms with Crippen molar-refractivity contribution >= 4 is 56.3 Å². The van der Waals surface area contributed by atoms with Crippen LogP contribution < -0.4 is 0 Å². The number of benzene rings is 4. The summed E-state index contributed by atoms with van der Waals surface area (Å²) in [6.45, 7) is 0. The lowest BCUT2D eigenvalue weighted by Gasteiger charge is -2.03. The summed E-state index contributed by atoms with van der Waals surface area (Å²) in [5.41, 5.74) is 3.11. The second-order valence-corrected chi connectivity index (χ2v) is 10.3. The lowest BCUT2D eigenvalue weighted by atomic mass is 10.00. The largest absolute Gasteiger partial charge is 0.293 e. The molecule has 0 aliphatic heterocycles. The number of Topliss-reactive ketones (excluding diaryl/α,β-unsaturated/α-hetero) is 4. The predicted molar refractivity (Wildman–Crippen MR) is 147 cm³/mol. The van der Waals surface area contributed by atoms with Gasteiger partial charge in [0.25, 0.3) is 0 Å². The Balaban J connectivity index is 1.22. The molecule has 38 heavy (non-hydrogen) atoms. The average molecular weight is 515 g/mol. The molecule has 0 heterocycles. The van der Waals surface area contributed by atoms with Gasteiger partial charge in [-0.2, -0.15) is 0 Å². The number of fused-ring (bicyclic) bond motifs is 4. The summed E-state index contributed by atoms with van der Waals surface area (Å²) >= 11 is 6.71. The number of hydrogen-bond donors (Lipinski definition) is 0. The molecule has 0 saturated heterocycles. The Labute approximate surface area is 222 Å².